The van der Waals surface area contributed by atoms with Crippen LogP contribution in [0.3, 0.4) is 0 Å². The number of carbonyl (C=O) groups is 1. The highest BCUT2D eigenvalue weighted by atomic mass is 16.3. The molecule has 86 valence electrons. The molecular formula is C13H17NO2. The van der Waals surface area contributed by atoms with Crippen molar-refractivity contribution in [3.05, 3.63) is 36.3 Å². The Balaban J connectivity index is 1.69. The summed E-state index contributed by atoms with van der Waals surface area (Å²) in [5, 5.41) is 2.98. The molecule has 1 unspecified atom stereocenters. The van der Waals surface area contributed by atoms with E-state index in [0.717, 1.165) is 31.2 Å². The largest absolute Gasteiger partial charge is 0.472 e. The third kappa shape index (κ3) is 2.99. The van der Waals surface area contributed by atoms with E-state index in [-0.39, 0.29) is 11.8 Å². The number of allylic oxidation sites excluding steroid dienone is 2. The predicted molar refractivity (Wildman–Crippen MR) is 61.9 cm³/mol. The third-order valence-corrected chi connectivity index (χ3v) is 2.93. The molecule has 0 aromatic carbocycles. The lowest BCUT2D eigenvalue weighted by atomic mass is 9.94. The van der Waals surface area contributed by atoms with Crippen molar-refractivity contribution in [2.45, 2.75) is 25.7 Å². The fourth-order valence-electron chi connectivity index (χ4n) is 1.94. The van der Waals surface area contributed by atoms with E-state index in [2.05, 4.69) is 17.5 Å². The Hall–Kier alpha value is -1.51. The first-order chi connectivity index (χ1) is 7.86. The fraction of sp³-hybridized carbons (Fsp3) is 0.462. The molecular weight excluding hydrogens is 202 g/mol. The third-order valence-electron chi connectivity index (χ3n) is 2.93. The van der Waals surface area contributed by atoms with Gasteiger partial charge < -0.3 is 9.73 Å². The van der Waals surface area contributed by atoms with Crippen LogP contribution in [0.5, 0.6) is 0 Å². The van der Waals surface area contributed by atoms with Crippen LogP contribution in [0.4, 0.5) is 0 Å². The van der Waals surface area contributed by atoms with Crippen LogP contribution in [0.25, 0.3) is 0 Å². The first kappa shape index (κ1) is 11.0. The first-order valence-corrected chi connectivity index (χ1v) is 5.80. The molecule has 1 heterocycles. The van der Waals surface area contributed by atoms with E-state index in [1.54, 1.807) is 12.5 Å². The zero-order chi connectivity index (χ0) is 11.2. The van der Waals surface area contributed by atoms with Gasteiger partial charge in [0.25, 0.3) is 0 Å². The summed E-state index contributed by atoms with van der Waals surface area (Å²) in [7, 11) is 0. The molecule has 3 heteroatoms. The summed E-state index contributed by atoms with van der Waals surface area (Å²) in [4.78, 5) is 11.8. The lowest BCUT2D eigenvalue weighted by Gasteiger charge is -2.16. The van der Waals surface area contributed by atoms with Crippen LogP contribution >= 0.6 is 0 Å². The van der Waals surface area contributed by atoms with Crippen molar-refractivity contribution in [1.29, 1.82) is 0 Å². The van der Waals surface area contributed by atoms with Crippen LogP contribution in [-0.2, 0) is 11.2 Å². The molecule has 0 aliphatic heterocycles. The number of hydrogen-bond donors (Lipinski definition) is 1. The molecule has 1 N–H and O–H groups in total. The average molecular weight is 219 g/mol. The molecule has 1 amide bonds. The summed E-state index contributed by atoms with van der Waals surface area (Å²) < 4.78 is 4.97. The van der Waals surface area contributed by atoms with Crippen molar-refractivity contribution >= 4 is 5.91 Å². The topological polar surface area (TPSA) is 42.2 Å². The lowest BCUT2D eigenvalue weighted by molar-refractivity contribution is -0.125. The quantitative estimate of drug-likeness (QED) is 0.789. The van der Waals surface area contributed by atoms with Gasteiger partial charge in [0.2, 0.25) is 5.91 Å². The van der Waals surface area contributed by atoms with Crippen LogP contribution in [0.15, 0.2) is 35.2 Å². The molecule has 0 radical (unpaired) electrons. The first-order valence-electron chi connectivity index (χ1n) is 5.80. The van der Waals surface area contributed by atoms with Gasteiger partial charge in [0.15, 0.2) is 0 Å². The smallest absolute Gasteiger partial charge is 0.223 e. The van der Waals surface area contributed by atoms with Gasteiger partial charge in [-0.15, -0.1) is 0 Å². The van der Waals surface area contributed by atoms with Gasteiger partial charge in [-0.2, -0.15) is 0 Å². The van der Waals surface area contributed by atoms with Crippen molar-refractivity contribution in [1.82, 2.24) is 5.32 Å². The summed E-state index contributed by atoms with van der Waals surface area (Å²) in [6.45, 7) is 0.693. The van der Waals surface area contributed by atoms with Crippen molar-refractivity contribution in [2.75, 3.05) is 6.54 Å². The van der Waals surface area contributed by atoms with Gasteiger partial charge >= 0.3 is 0 Å². The summed E-state index contributed by atoms with van der Waals surface area (Å²) in [5.74, 6) is 0.363. The minimum atomic E-state index is 0.175. The Kier molecular flexibility index (Phi) is 3.81. The van der Waals surface area contributed by atoms with E-state index < -0.39 is 0 Å². The second-order valence-electron chi connectivity index (χ2n) is 4.15. The van der Waals surface area contributed by atoms with E-state index in [0.29, 0.717) is 6.54 Å². The van der Waals surface area contributed by atoms with Gasteiger partial charge in [0.05, 0.1) is 12.5 Å². The molecule has 3 nitrogen and oxygen atoms in total. The summed E-state index contributed by atoms with van der Waals surface area (Å²) in [6, 6.07) is 1.93. The van der Waals surface area contributed by atoms with Crippen molar-refractivity contribution in [2.24, 2.45) is 5.92 Å². The number of nitrogens with one attached hydrogen (secondary N) is 1. The highest BCUT2D eigenvalue weighted by Crippen LogP contribution is 2.17. The van der Waals surface area contributed by atoms with Gasteiger partial charge in [-0.3, -0.25) is 4.79 Å². The molecule has 0 bridgehead atoms. The summed E-state index contributed by atoms with van der Waals surface area (Å²) in [6.07, 6.45) is 11.4. The Morgan fingerprint density at radius 1 is 1.50 bits per heavy atom. The van der Waals surface area contributed by atoms with Crippen LogP contribution in [0.2, 0.25) is 0 Å². The number of carbonyl (C=O) groups excluding carboxylic acids is 1. The second kappa shape index (κ2) is 5.54. The minimum Gasteiger partial charge on any atom is -0.472 e. The molecule has 0 fully saturated rings. The van der Waals surface area contributed by atoms with E-state index >= 15 is 0 Å². The molecule has 1 atom stereocenters. The normalized spacial score (nSPS) is 19.6. The Bertz CT molecular complexity index is 354. The maximum atomic E-state index is 11.8. The van der Waals surface area contributed by atoms with Gasteiger partial charge in [-0.25, -0.2) is 0 Å². The highest BCUT2D eigenvalue weighted by Gasteiger charge is 2.17. The highest BCUT2D eigenvalue weighted by molar-refractivity contribution is 5.78. The maximum Gasteiger partial charge on any atom is 0.223 e. The van der Waals surface area contributed by atoms with E-state index in [1.807, 2.05) is 6.07 Å². The molecule has 1 aliphatic carbocycles. The minimum absolute atomic E-state index is 0.175. The van der Waals surface area contributed by atoms with Crippen LogP contribution in [0, 0.1) is 5.92 Å². The molecule has 0 saturated carbocycles. The second-order valence-corrected chi connectivity index (χ2v) is 4.15. The molecule has 1 aliphatic rings. The molecule has 1 aromatic rings. The van der Waals surface area contributed by atoms with Gasteiger partial charge in [-0.05, 0) is 37.3 Å². The van der Waals surface area contributed by atoms with E-state index in [1.165, 1.54) is 0 Å². The predicted octanol–water partition coefficient (Wildman–Crippen LogP) is 2.29. The SMILES string of the molecule is O=C(NCCc1ccoc1)C1CC=CCC1. The van der Waals surface area contributed by atoms with Crippen LogP contribution in [0.1, 0.15) is 24.8 Å². The molecule has 16 heavy (non-hydrogen) atoms. The molecule has 1 aromatic heterocycles. The number of amides is 1. The van der Waals surface area contributed by atoms with Crippen LogP contribution < -0.4 is 5.32 Å². The number of hydrogen-bond acceptors (Lipinski definition) is 2. The molecule has 0 saturated heterocycles. The monoisotopic (exact) mass is 219 g/mol. The number of rotatable bonds is 4. The molecule has 2 rings (SSSR count). The zero-order valence-corrected chi connectivity index (χ0v) is 9.32. The van der Waals surface area contributed by atoms with E-state index in [9.17, 15) is 4.79 Å². The standard InChI is InChI=1S/C13H17NO2/c15-13(12-4-2-1-3-5-12)14-8-6-11-7-9-16-10-11/h1-2,7,9-10,12H,3-6,8H2,(H,14,15). The lowest BCUT2D eigenvalue weighted by Crippen LogP contribution is -2.32. The summed E-state index contributed by atoms with van der Waals surface area (Å²) >= 11 is 0. The van der Waals surface area contributed by atoms with Crippen molar-refractivity contribution in [3.8, 4) is 0 Å². The van der Waals surface area contributed by atoms with Gasteiger partial charge in [-0.1, -0.05) is 12.2 Å². The zero-order valence-electron chi connectivity index (χ0n) is 9.32. The van der Waals surface area contributed by atoms with E-state index in [4.69, 9.17) is 4.42 Å². The maximum absolute atomic E-state index is 11.8. The van der Waals surface area contributed by atoms with Crippen molar-refractivity contribution < 1.29 is 9.21 Å². The van der Waals surface area contributed by atoms with Crippen molar-refractivity contribution in [3.63, 3.8) is 0 Å². The summed E-state index contributed by atoms with van der Waals surface area (Å²) in [5.41, 5.74) is 1.13. The Labute approximate surface area is 95.5 Å². The molecule has 0 spiro atoms. The van der Waals surface area contributed by atoms with Gasteiger partial charge in [0, 0.05) is 12.5 Å². The Morgan fingerprint density at radius 2 is 2.44 bits per heavy atom. The Morgan fingerprint density at radius 3 is 3.12 bits per heavy atom. The fourth-order valence-corrected chi connectivity index (χ4v) is 1.94. The van der Waals surface area contributed by atoms with Crippen LogP contribution in [-0.4, -0.2) is 12.5 Å². The van der Waals surface area contributed by atoms with Gasteiger partial charge in [0.1, 0.15) is 0 Å². The average Bonchev–Trinajstić information content (AvgIpc) is 2.83. The number of furan rings is 1.